The molecular formula is C20H24N2O3. The summed E-state index contributed by atoms with van der Waals surface area (Å²) in [6.45, 7) is 2.77. The quantitative estimate of drug-likeness (QED) is 0.687. The van der Waals surface area contributed by atoms with Crippen LogP contribution in [-0.2, 0) is 22.4 Å². The second-order valence-electron chi connectivity index (χ2n) is 5.61. The van der Waals surface area contributed by atoms with E-state index in [1.165, 1.54) is 0 Å². The van der Waals surface area contributed by atoms with Crippen LogP contribution in [0.15, 0.2) is 54.6 Å². The first-order chi connectivity index (χ1) is 12.2. The number of amides is 2. The van der Waals surface area contributed by atoms with Gasteiger partial charge in [0.05, 0.1) is 6.42 Å². The molecule has 5 heteroatoms. The van der Waals surface area contributed by atoms with Gasteiger partial charge in [-0.3, -0.25) is 9.59 Å². The fraction of sp³-hybridized carbons (Fsp3) is 0.300. The summed E-state index contributed by atoms with van der Waals surface area (Å²) in [6, 6.07) is 17.2. The van der Waals surface area contributed by atoms with Gasteiger partial charge in [-0.1, -0.05) is 55.5 Å². The molecule has 0 bridgehead atoms. The van der Waals surface area contributed by atoms with Gasteiger partial charge in [-0.15, -0.1) is 0 Å². The van der Waals surface area contributed by atoms with E-state index in [0.717, 1.165) is 23.3 Å². The Balaban J connectivity index is 1.61. The van der Waals surface area contributed by atoms with Gasteiger partial charge < -0.3 is 15.4 Å². The van der Waals surface area contributed by atoms with Crippen LogP contribution in [-0.4, -0.2) is 31.5 Å². The average molecular weight is 340 g/mol. The number of aryl methyl sites for hydroxylation is 1. The Morgan fingerprint density at radius 1 is 0.880 bits per heavy atom. The van der Waals surface area contributed by atoms with Gasteiger partial charge in [-0.2, -0.15) is 0 Å². The molecule has 0 aliphatic heterocycles. The third-order valence-corrected chi connectivity index (χ3v) is 3.69. The van der Waals surface area contributed by atoms with Crippen molar-refractivity contribution >= 4 is 11.8 Å². The summed E-state index contributed by atoms with van der Waals surface area (Å²) >= 11 is 0. The highest BCUT2D eigenvalue weighted by molar-refractivity contribution is 5.79. The lowest BCUT2D eigenvalue weighted by Gasteiger charge is -2.11. The Morgan fingerprint density at radius 2 is 1.52 bits per heavy atom. The Morgan fingerprint density at radius 3 is 2.24 bits per heavy atom. The van der Waals surface area contributed by atoms with E-state index in [0.29, 0.717) is 19.5 Å². The first-order valence-electron chi connectivity index (χ1n) is 8.47. The predicted molar refractivity (Wildman–Crippen MR) is 97.5 cm³/mol. The Labute approximate surface area is 148 Å². The summed E-state index contributed by atoms with van der Waals surface area (Å²) in [4.78, 5) is 23.6. The molecule has 132 valence electrons. The van der Waals surface area contributed by atoms with Crippen LogP contribution in [0.25, 0.3) is 0 Å². The van der Waals surface area contributed by atoms with E-state index < -0.39 is 0 Å². The molecule has 5 nitrogen and oxygen atoms in total. The topological polar surface area (TPSA) is 67.4 Å². The van der Waals surface area contributed by atoms with Crippen molar-refractivity contribution in [2.45, 2.75) is 19.8 Å². The molecule has 0 radical (unpaired) electrons. The first kappa shape index (κ1) is 18.5. The molecule has 2 aromatic carbocycles. The van der Waals surface area contributed by atoms with Gasteiger partial charge in [0.2, 0.25) is 5.91 Å². The standard InChI is InChI=1S/C20H24N2O3/c1-2-17-10-6-7-11-18(17)25-15-20(24)22-13-12-21-19(23)14-16-8-4-3-5-9-16/h3-11H,2,12-15H2,1H3,(H,21,23)(H,22,24). The van der Waals surface area contributed by atoms with Crippen molar-refractivity contribution in [2.75, 3.05) is 19.7 Å². The Kier molecular flexibility index (Phi) is 7.50. The third-order valence-electron chi connectivity index (χ3n) is 3.69. The maximum Gasteiger partial charge on any atom is 0.258 e. The largest absolute Gasteiger partial charge is 0.483 e. The number of benzene rings is 2. The molecule has 0 heterocycles. The third kappa shape index (κ3) is 6.67. The number of carbonyl (C=O) groups is 2. The molecule has 0 atom stereocenters. The molecule has 0 aliphatic carbocycles. The lowest BCUT2D eigenvalue weighted by atomic mass is 10.1. The van der Waals surface area contributed by atoms with Crippen molar-refractivity contribution in [1.29, 1.82) is 0 Å². The fourth-order valence-electron chi connectivity index (χ4n) is 2.38. The van der Waals surface area contributed by atoms with Crippen LogP contribution in [0.1, 0.15) is 18.1 Å². The molecule has 0 aliphatic rings. The van der Waals surface area contributed by atoms with Crippen molar-refractivity contribution in [3.63, 3.8) is 0 Å². The van der Waals surface area contributed by atoms with Crippen molar-refractivity contribution in [3.8, 4) is 5.75 Å². The van der Waals surface area contributed by atoms with Crippen LogP contribution in [0.2, 0.25) is 0 Å². The van der Waals surface area contributed by atoms with Gasteiger partial charge in [-0.25, -0.2) is 0 Å². The molecule has 0 saturated heterocycles. The molecule has 0 spiro atoms. The second-order valence-corrected chi connectivity index (χ2v) is 5.61. The summed E-state index contributed by atoms with van der Waals surface area (Å²) in [7, 11) is 0. The van der Waals surface area contributed by atoms with E-state index in [4.69, 9.17) is 4.74 Å². The van der Waals surface area contributed by atoms with Crippen LogP contribution in [0.3, 0.4) is 0 Å². The van der Waals surface area contributed by atoms with Gasteiger partial charge in [-0.05, 0) is 23.6 Å². The van der Waals surface area contributed by atoms with Gasteiger partial charge in [0.15, 0.2) is 6.61 Å². The van der Waals surface area contributed by atoms with E-state index in [2.05, 4.69) is 10.6 Å². The molecule has 0 unspecified atom stereocenters. The van der Waals surface area contributed by atoms with E-state index in [1.807, 2.05) is 61.5 Å². The Bertz CT molecular complexity index is 686. The number of para-hydroxylation sites is 1. The SMILES string of the molecule is CCc1ccccc1OCC(=O)NCCNC(=O)Cc1ccccc1. The van der Waals surface area contributed by atoms with E-state index in [9.17, 15) is 9.59 Å². The summed E-state index contributed by atoms with van der Waals surface area (Å²) in [5.41, 5.74) is 2.04. The highest BCUT2D eigenvalue weighted by Gasteiger charge is 2.06. The monoisotopic (exact) mass is 340 g/mol. The van der Waals surface area contributed by atoms with Gasteiger partial charge in [0.25, 0.3) is 5.91 Å². The molecule has 2 amide bonds. The van der Waals surface area contributed by atoms with Crippen LogP contribution in [0, 0.1) is 0 Å². The minimum Gasteiger partial charge on any atom is -0.483 e. The average Bonchev–Trinajstić information content (AvgIpc) is 2.64. The summed E-state index contributed by atoms with van der Waals surface area (Å²) in [5, 5.41) is 5.52. The van der Waals surface area contributed by atoms with Crippen molar-refractivity contribution < 1.29 is 14.3 Å². The molecular weight excluding hydrogens is 316 g/mol. The molecule has 25 heavy (non-hydrogen) atoms. The molecule has 2 N–H and O–H groups in total. The minimum atomic E-state index is -0.205. The van der Waals surface area contributed by atoms with Gasteiger partial charge in [0.1, 0.15) is 5.75 Å². The Hall–Kier alpha value is -2.82. The molecule has 0 saturated carbocycles. The minimum absolute atomic E-state index is 0.0328. The zero-order chi connectivity index (χ0) is 17.9. The number of carbonyl (C=O) groups excluding carboxylic acids is 2. The van der Waals surface area contributed by atoms with Crippen LogP contribution >= 0.6 is 0 Å². The van der Waals surface area contributed by atoms with Gasteiger partial charge >= 0.3 is 0 Å². The second kappa shape index (κ2) is 10.1. The zero-order valence-corrected chi connectivity index (χ0v) is 14.5. The van der Waals surface area contributed by atoms with E-state index >= 15 is 0 Å². The molecule has 2 aromatic rings. The normalized spacial score (nSPS) is 10.1. The summed E-state index contributed by atoms with van der Waals surface area (Å²) in [6.07, 6.45) is 1.19. The first-order valence-corrected chi connectivity index (χ1v) is 8.47. The molecule has 0 fully saturated rings. The molecule has 0 aromatic heterocycles. The maximum atomic E-state index is 11.8. The number of hydrogen-bond donors (Lipinski definition) is 2. The number of rotatable bonds is 9. The van der Waals surface area contributed by atoms with Crippen LogP contribution in [0.4, 0.5) is 0 Å². The fourth-order valence-corrected chi connectivity index (χ4v) is 2.38. The van der Waals surface area contributed by atoms with Crippen LogP contribution < -0.4 is 15.4 Å². The van der Waals surface area contributed by atoms with Crippen molar-refractivity contribution in [2.24, 2.45) is 0 Å². The lowest BCUT2D eigenvalue weighted by Crippen LogP contribution is -2.37. The van der Waals surface area contributed by atoms with E-state index in [1.54, 1.807) is 0 Å². The maximum absolute atomic E-state index is 11.8. The van der Waals surface area contributed by atoms with E-state index in [-0.39, 0.29) is 18.4 Å². The lowest BCUT2D eigenvalue weighted by molar-refractivity contribution is -0.124. The number of ether oxygens (including phenoxy) is 1. The van der Waals surface area contributed by atoms with Gasteiger partial charge in [0, 0.05) is 13.1 Å². The summed E-state index contributed by atoms with van der Waals surface area (Å²) < 4.78 is 5.55. The summed E-state index contributed by atoms with van der Waals surface area (Å²) in [5.74, 6) is 0.466. The molecule has 2 rings (SSSR count). The van der Waals surface area contributed by atoms with Crippen LogP contribution in [0.5, 0.6) is 5.75 Å². The number of hydrogen-bond acceptors (Lipinski definition) is 3. The smallest absolute Gasteiger partial charge is 0.258 e. The zero-order valence-electron chi connectivity index (χ0n) is 14.5. The van der Waals surface area contributed by atoms with Crippen molar-refractivity contribution in [1.82, 2.24) is 10.6 Å². The highest BCUT2D eigenvalue weighted by Crippen LogP contribution is 2.17. The highest BCUT2D eigenvalue weighted by atomic mass is 16.5. The number of nitrogens with one attached hydrogen (secondary N) is 2. The predicted octanol–water partition coefficient (Wildman–Crippen LogP) is 2.10. The van der Waals surface area contributed by atoms with Crippen molar-refractivity contribution in [3.05, 3.63) is 65.7 Å².